The lowest BCUT2D eigenvalue weighted by atomic mass is 10.1. The Bertz CT molecular complexity index is 817. The molecule has 2 rings (SSSR count). The molecular weight excluding hydrogens is 372 g/mol. The number of aliphatic hydroxyl groups is 2. The number of methoxy groups -OCH3 is 1. The number of carboxylic acid groups (broad SMARTS) is 2. The van der Waals surface area contributed by atoms with Crippen molar-refractivity contribution in [2.45, 2.75) is 25.4 Å². The molecule has 0 fully saturated rings. The predicted molar refractivity (Wildman–Crippen MR) is 95.4 cm³/mol. The van der Waals surface area contributed by atoms with Crippen molar-refractivity contribution in [2.24, 2.45) is 0 Å². The fraction of sp³-hybridized carbons (Fsp3) is 0.263. The summed E-state index contributed by atoms with van der Waals surface area (Å²) in [5.41, 5.74) is 1.04. The largest absolute Gasteiger partial charge is 0.496 e. The minimum absolute atomic E-state index is 0.0342. The average molecular weight is 392 g/mol. The number of rotatable bonds is 10. The van der Waals surface area contributed by atoms with Crippen molar-refractivity contribution < 1.29 is 44.2 Å². The summed E-state index contributed by atoms with van der Waals surface area (Å²) >= 11 is 0. The topological polar surface area (TPSA) is 143 Å². The van der Waals surface area contributed by atoms with Crippen LogP contribution in [-0.4, -0.2) is 51.7 Å². The quantitative estimate of drug-likeness (QED) is 0.466. The average Bonchev–Trinajstić information content (AvgIpc) is 2.70. The Kier molecular flexibility index (Phi) is 7.19. The molecule has 0 aliphatic rings. The molecule has 2 aromatic rings. The number of aliphatic hydroxyl groups excluding tert-OH is 2. The Hall–Kier alpha value is -3.30. The summed E-state index contributed by atoms with van der Waals surface area (Å²) in [6.45, 7) is -0.494. The van der Waals surface area contributed by atoms with Crippen molar-refractivity contribution >= 4 is 11.9 Å². The maximum absolute atomic E-state index is 11.6. The second-order valence-electron chi connectivity index (χ2n) is 5.69. The minimum atomic E-state index is -1.86. The van der Waals surface area contributed by atoms with E-state index in [1.54, 1.807) is 0 Å². The zero-order valence-electron chi connectivity index (χ0n) is 14.9. The number of carboxylic acids is 2. The van der Waals surface area contributed by atoms with E-state index in [0.29, 0.717) is 11.1 Å². The van der Waals surface area contributed by atoms with E-state index in [2.05, 4.69) is 0 Å². The van der Waals surface area contributed by atoms with Crippen LogP contribution in [0.2, 0.25) is 0 Å². The molecule has 0 radical (unpaired) electrons. The van der Waals surface area contributed by atoms with Gasteiger partial charge in [0, 0.05) is 11.6 Å². The van der Waals surface area contributed by atoms with Gasteiger partial charge in [-0.05, 0) is 29.8 Å². The smallest absolute Gasteiger partial charge is 0.349 e. The first kappa shape index (κ1) is 21.0. The molecule has 0 aromatic heterocycles. The van der Waals surface area contributed by atoms with Gasteiger partial charge in [-0.2, -0.15) is 0 Å². The van der Waals surface area contributed by atoms with Crippen LogP contribution in [-0.2, 0) is 22.8 Å². The van der Waals surface area contributed by atoms with Crippen molar-refractivity contribution in [3.05, 3.63) is 53.6 Å². The number of benzene rings is 2. The van der Waals surface area contributed by atoms with Crippen LogP contribution in [0.1, 0.15) is 11.1 Å². The maximum Gasteiger partial charge on any atom is 0.349 e. The van der Waals surface area contributed by atoms with E-state index in [9.17, 15) is 24.9 Å². The SMILES string of the molecule is COc1cc(OC(C(=O)O)C(Oc2ccc(CO)cc2)C(=O)O)ccc1CO. The van der Waals surface area contributed by atoms with E-state index in [-0.39, 0.29) is 30.5 Å². The fourth-order valence-electron chi connectivity index (χ4n) is 2.38. The van der Waals surface area contributed by atoms with Crippen LogP contribution in [0, 0.1) is 0 Å². The summed E-state index contributed by atoms with van der Waals surface area (Å²) < 4.78 is 15.8. The highest BCUT2D eigenvalue weighted by Crippen LogP contribution is 2.26. The lowest BCUT2D eigenvalue weighted by Crippen LogP contribution is -2.47. The standard InChI is InChI=1S/C19H20O9/c1-26-15-8-14(7-4-12(15)10-21)28-17(19(24)25)16(18(22)23)27-13-5-2-11(9-20)3-6-13/h2-8,16-17,20-21H,9-10H2,1H3,(H,22,23)(H,24,25). The van der Waals surface area contributed by atoms with E-state index in [4.69, 9.17) is 19.3 Å². The summed E-state index contributed by atoms with van der Waals surface area (Å²) in [6.07, 6.45) is -3.71. The Balaban J connectivity index is 2.27. The second kappa shape index (κ2) is 9.58. The summed E-state index contributed by atoms with van der Waals surface area (Å²) in [5.74, 6) is -2.67. The lowest BCUT2D eigenvalue weighted by molar-refractivity contribution is -0.161. The normalized spacial score (nSPS) is 12.7. The molecule has 2 aromatic carbocycles. The number of hydrogen-bond donors (Lipinski definition) is 4. The predicted octanol–water partition coefficient (Wildman–Crippen LogP) is 1.04. The zero-order valence-corrected chi connectivity index (χ0v) is 14.9. The molecule has 0 saturated carbocycles. The van der Waals surface area contributed by atoms with Gasteiger partial charge in [0.1, 0.15) is 17.2 Å². The summed E-state index contributed by atoms with van der Waals surface area (Å²) in [7, 11) is 1.37. The van der Waals surface area contributed by atoms with Gasteiger partial charge in [-0.25, -0.2) is 9.59 Å². The van der Waals surface area contributed by atoms with Gasteiger partial charge in [0.2, 0.25) is 12.2 Å². The highest BCUT2D eigenvalue weighted by molar-refractivity contribution is 5.84. The second-order valence-corrected chi connectivity index (χ2v) is 5.69. The molecule has 28 heavy (non-hydrogen) atoms. The van der Waals surface area contributed by atoms with Crippen LogP contribution >= 0.6 is 0 Å². The van der Waals surface area contributed by atoms with Crippen molar-refractivity contribution in [1.29, 1.82) is 0 Å². The maximum atomic E-state index is 11.6. The molecule has 0 heterocycles. The third-order valence-corrected chi connectivity index (χ3v) is 3.82. The number of ether oxygens (including phenoxy) is 3. The lowest BCUT2D eigenvalue weighted by Gasteiger charge is -2.23. The third-order valence-electron chi connectivity index (χ3n) is 3.82. The van der Waals surface area contributed by atoms with Crippen LogP contribution in [0.5, 0.6) is 17.2 Å². The van der Waals surface area contributed by atoms with Gasteiger partial charge in [0.05, 0.1) is 20.3 Å². The first-order valence-electron chi connectivity index (χ1n) is 8.16. The van der Waals surface area contributed by atoms with Gasteiger partial charge >= 0.3 is 11.9 Å². The molecule has 0 aliphatic carbocycles. The first-order chi connectivity index (χ1) is 13.4. The van der Waals surface area contributed by atoms with Gasteiger partial charge in [0.25, 0.3) is 0 Å². The molecule has 0 spiro atoms. The van der Waals surface area contributed by atoms with Crippen LogP contribution in [0.4, 0.5) is 0 Å². The van der Waals surface area contributed by atoms with E-state index >= 15 is 0 Å². The van der Waals surface area contributed by atoms with E-state index < -0.39 is 24.1 Å². The Morgan fingerprint density at radius 2 is 1.39 bits per heavy atom. The van der Waals surface area contributed by atoms with Gasteiger partial charge in [-0.1, -0.05) is 12.1 Å². The molecule has 2 unspecified atom stereocenters. The number of carbonyl (C=O) groups is 2. The van der Waals surface area contributed by atoms with Crippen LogP contribution in [0.25, 0.3) is 0 Å². The van der Waals surface area contributed by atoms with E-state index in [1.807, 2.05) is 0 Å². The molecule has 150 valence electrons. The number of hydrogen-bond acceptors (Lipinski definition) is 7. The van der Waals surface area contributed by atoms with Gasteiger partial charge in [-0.15, -0.1) is 0 Å². The summed E-state index contributed by atoms with van der Waals surface area (Å²) in [4.78, 5) is 23.3. The monoisotopic (exact) mass is 392 g/mol. The highest BCUT2D eigenvalue weighted by atomic mass is 16.6. The van der Waals surface area contributed by atoms with Crippen LogP contribution in [0.3, 0.4) is 0 Å². The summed E-state index contributed by atoms with van der Waals surface area (Å²) in [5, 5.41) is 37.2. The molecule has 9 heteroatoms. The zero-order chi connectivity index (χ0) is 20.7. The first-order valence-corrected chi connectivity index (χ1v) is 8.16. The van der Waals surface area contributed by atoms with Crippen molar-refractivity contribution in [3.63, 3.8) is 0 Å². The summed E-state index contributed by atoms with van der Waals surface area (Å²) in [6, 6.07) is 10.1. The molecule has 0 bridgehead atoms. The molecular formula is C19H20O9. The number of aliphatic carboxylic acids is 2. The highest BCUT2D eigenvalue weighted by Gasteiger charge is 2.38. The van der Waals surface area contributed by atoms with Crippen molar-refractivity contribution in [1.82, 2.24) is 0 Å². The molecule has 9 nitrogen and oxygen atoms in total. The van der Waals surface area contributed by atoms with Gasteiger partial charge in [0.15, 0.2) is 0 Å². The fourth-order valence-corrected chi connectivity index (χ4v) is 2.38. The molecule has 0 aliphatic heterocycles. The molecule has 0 saturated heterocycles. The molecule has 4 N–H and O–H groups in total. The van der Waals surface area contributed by atoms with E-state index in [1.165, 1.54) is 49.6 Å². The van der Waals surface area contributed by atoms with Crippen LogP contribution in [0.15, 0.2) is 42.5 Å². The minimum Gasteiger partial charge on any atom is -0.496 e. The van der Waals surface area contributed by atoms with Crippen molar-refractivity contribution in [3.8, 4) is 17.2 Å². The van der Waals surface area contributed by atoms with E-state index in [0.717, 1.165) is 0 Å². The Morgan fingerprint density at radius 1 is 0.857 bits per heavy atom. The molecule has 0 amide bonds. The van der Waals surface area contributed by atoms with Crippen molar-refractivity contribution in [2.75, 3.05) is 7.11 Å². The van der Waals surface area contributed by atoms with Gasteiger partial charge in [-0.3, -0.25) is 0 Å². The third kappa shape index (κ3) is 5.12. The van der Waals surface area contributed by atoms with Crippen LogP contribution < -0.4 is 14.2 Å². The molecule has 2 atom stereocenters. The Morgan fingerprint density at radius 3 is 1.86 bits per heavy atom. The Labute approximate surface area is 160 Å². The van der Waals surface area contributed by atoms with Gasteiger partial charge < -0.3 is 34.6 Å².